The molecule has 4 bridgehead atoms. The molecule has 0 saturated heterocycles. The average Bonchev–Trinajstić information content (AvgIpc) is 2.27. The van der Waals surface area contributed by atoms with Crippen LogP contribution in [0.2, 0.25) is 0 Å². The number of rotatable bonds is 4. The fourth-order valence-corrected chi connectivity index (χ4v) is 5.01. The number of aliphatic carboxylic acids is 1. The van der Waals surface area contributed by atoms with Crippen LogP contribution in [0.5, 0.6) is 0 Å². The molecule has 4 rings (SSSR count). The van der Waals surface area contributed by atoms with Gasteiger partial charge in [0.1, 0.15) is 0 Å². The van der Waals surface area contributed by atoms with Crippen molar-refractivity contribution in [3.8, 4) is 0 Å². The lowest BCUT2D eigenvalue weighted by Crippen LogP contribution is -2.45. The maximum atomic E-state index is 11.1. The number of hydrogen-bond donors (Lipinski definition) is 1. The van der Waals surface area contributed by atoms with Gasteiger partial charge in [-0.25, -0.2) is 0 Å². The van der Waals surface area contributed by atoms with E-state index < -0.39 is 5.97 Å². The molecular formula is C15H22O2. The first-order valence-corrected chi connectivity index (χ1v) is 7.02. The smallest absolute Gasteiger partial charge is 0.310 e. The Morgan fingerprint density at radius 3 is 2.12 bits per heavy atom. The van der Waals surface area contributed by atoms with E-state index in [4.69, 9.17) is 5.11 Å². The Balaban J connectivity index is 1.71. The van der Waals surface area contributed by atoms with Gasteiger partial charge in [0.15, 0.2) is 0 Å². The maximum absolute atomic E-state index is 11.1. The molecular weight excluding hydrogens is 212 g/mol. The molecule has 0 radical (unpaired) electrons. The van der Waals surface area contributed by atoms with Crippen molar-refractivity contribution in [1.82, 2.24) is 0 Å². The predicted octanol–water partition coefficient (Wildman–Crippen LogP) is 3.34. The van der Waals surface area contributed by atoms with E-state index >= 15 is 0 Å². The molecule has 0 aromatic heterocycles. The molecule has 2 heteroatoms. The largest absolute Gasteiger partial charge is 0.481 e. The van der Waals surface area contributed by atoms with Crippen molar-refractivity contribution in [3.63, 3.8) is 0 Å². The Morgan fingerprint density at radius 2 is 1.71 bits per heavy atom. The molecule has 17 heavy (non-hydrogen) atoms. The number of hydrogen-bond acceptors (Lipinski definition) is 1. The maximum Gasteiger partial charge on any atom is 0.310 e. The van der Waals surface area contributed by atoms with Crippen LogP contribution in [0.3, 0.4) is 0 Å². The van der Waals surface area contributed by atoms with E-state index in [9.17, 15) is 4.79 Å². The fraction of sp³-hybridized carbons (Fsp3) is 0.800. The number of carboxylic acids is 1. The topological polar surface area (TPSA) is 37.3 Å². The zero-order valence-electron chi connectivity index (χ0n) is 10.3. The summed E-state index contributed by atoms with van der Waals surface area (Å²) in [7, 11) is 0. The Hall–Kier alpha value is -0.790. The minimum absolute atomic E-state index is 0.322. The van der Waals surface area contributed by atoms with E-state index in [1.807, 2.05) is 0 Å². The third kappa shape index (κ3) is 1.92. The Bertz CT molecular complexity index is 306. The van der Waals surface area contributed by atoms with E-state index in [1.165, 1.54) is 32.1 Å². The molecule has 4 saturated carbocycles. The number of carbonyl (C=O) groups is 1. The van der Waals surface area contributed by atoms with Gasteiger partial charge in [-0.15, -0.1) is 6.58 Å². The molecule has 1 unspecified atom stereocenters. The van der Waals surface area contributed by atoms with Crippen molar-refractivity contribution in [2.45, 2.75) is 38.5 Å². The number of carboxylic acid groups (broad SMARTS) is 1. The molecule has 2 nitrogen and oxygen atoms in total. The van der Waals surface area contributed by atoms with E-state index in [-0.39, 0.29) is 5.92 Å². The van der Waals surface area contributed by atoms with Gasteiger partial charge in [0.2, 0.25) is 0 Å². The van der Waals surface area contributed by atoms with Crippen molar-refractivity contribution < 1.29 is 9.90 Å². The van der Waals surface area contributed by atoms with Gasteiger partial charge in [0, 0.05) is 0 Å². The fourth-order valence-electron chi connectivity index (χ4n) is 5.01. The Kier molecular flexibility index (Phi) is 2.76. The van der Waals surface area contributed by atoms with Crippen LogP contribution in [-0.4, -0.2) is 11.1 Å². The Labute approximate surface area is 103 Å². The van der Waals surface area contributed by atoms with E-state index in [2.05, 4.69) is 6.58 Å². The van der Waals surface area contributed by atoms with Gasteiger partial charge in [0.05, 0.1) is 5.92 Å². The predicted molar refractivity (Wildman–Crippen MR) is 66.5 cm³/mol. The van der Waals surface area contributed by atoms with Crippen LogP contribution in [0.15, 0.2) is 12.7 Å². The van der Waals surface area contributed by atoms with Gasteiger partial charge in [-0.2, -0.15) is 0 Å². The van der Waals surface area contributed by atoms with Gasteiger partial charge in [-0.1, -0.05) is 6.08 Å². The lowest BCUT2D eigenvalue weighted by atomic mass is 9.51. The second-order valence-corrected chi connectivity index (χ2v) is 6.51. The lowest BCUT2D eigenvalue weighted by Gasteiger charge is -2.55. The molecule has 0 aromatic carbocycles. The first-order valence-electron chi connectivity index (χ1n) is 7.02. The van der Waals surface area contributed by atoms with Crippen molar-refractivity contribution in [3.05, 3.63) is 12.7 Å². The van der Waals surface area contributed by atoms with Crippen molar-refractivity contribution in [2.75, 3.05) is 0 Å². The summed E-state index contributed by atoms with van der Waals surface area (Å²) >= 11 is 0. The van der Waals surface area contributed by atoms with Crippen molar-refractivity contribution >= 4 is 5.97 Å². The molecule has 0 aliphatic heterocycles. The molecule has 1 N–H and O–H groups in total. The normalized spacial score (nSPS) is 44.6. The summed E-state index contributed by atoms with van der Waals surface area (Å²) < 4.78 is 0. The monoisotopic (exact) mass is 234 g/mol. The lowest BCUT2D eigenvalue weighted by molar-refractivity contribution is -0.141. The molecule has 94 valence electrons. The highest BCUT2D eigenvalue weighted by atomic mass is 16.4. The van der Waals surface area contributed by atoms with Crippen LogP contribution in [0.25, 0.3) is 0 Å². The molecule has 1 atom stereocenters. The van der Waals surface area contributed by atoms with Crippen LogP contribution < -0.4 is 0 Å². The molecule has 0 aromatic rings. The molecule has 4 fully saturated rings. The molecule has 4 aliphatic carbocycles. The summed E-state index contributed by atoms with van der Waals surface area (Å²) in [4.78, 5) is 11.1. The Morgan fingerprint density at radius 1 is 1.18 bits per heavy atom. The second-order valence-electron chi connectivity index (χ2n) is 6.51. The first-order chi connectivity index (χ1) is 8.17. The highest BCUT2D eigenvalue weighted by Crippen LogP contribution is 2.57. The summed E-state index contributed by atoms with van der Waals surface area (Å²) in [5.41, 5.74) is 0. The minimum atomic E-state index is -0.686. The zero-order chi connectivity index (χ0) is 12.0. The summed E-state index contributed by atoms with van der Waals surface area (Å²) in [5.74, 6) is 3.26. The summed E-state index contributed by atoms with van der Waals surface area (Å²) in [6, 6.07) is 0. The van der Waals surface area contributed by atoms with E-state index in [1.54, 1.807) is 6.08 Å². The SMILES string of the molecule is C=CC(CC1C2CC3CC(C2)CC1C3)C(=O)O. The van der Waals surface area contributed by atoms with Crippen molar-refractivity contribution in [1.29, 1.82) is 0 Å². The highest BCUT2D eigenvalue weighted by molar-refractivity contribution is 5.71. The first kappa shape index (κ1) is 11.3. The van der Waals surface area contributed by atoms with Gasteiger partial charge in [0.25, 0.3) is 0 Å². The molecule has 4 aliphatic rings. The van der Waals surface area contributed by atoms with Gasteiger partial charge in [-0.3, -0.25) is 4.79 Å². The van der Waals surface area contributed by atoms with Crippen molar-refractivity contribution in [2.24, 2.45) is 35.5 Å². The van der Waals surface area contributed by atoms with E-state index in [0.29, 0.717) is 5.92 Å². The van der Waals surface area contributed by atoms with Crippen LogP contribution in [0, 0.1) is 35.5 Å². The third-order valence-corrected chi connectivity index (χ3v) is 5.55. The summed E-state index contributed by atoms with van der Waals surface area (Å²) in [6.45, 7) is 3.68. The highest BCUT2D eigenvalue weighted by Gasteiger charge is 2.48. The zero-order valence-corrected chi connectivity index (χ0v) is 10.3. The molecule has 0 spiro atoms. The standard InChI is InChI=1S/C15H22O2/c1-2-11(15(16)17)8-14-12-4-9-3-10(6-12)7-13(14)5-9/h2,9-14H,1,3-8H2,(H,16,17). The molecule has 0 heterocycles. The van der Waals surface area contributed by atoms with Crippen LogP contribution in [0.4, 0.5) is 0 Å². The quantitative estimate of drug-likeness (QED) is 0.757. The van der Waals surface area contributed by atoms with E-state index in [0.717, 1.165) is 30.1 Å². The average molecular weight is 234 g/mol. The summed E-state index contributed by atoms with van der Waals surface area (Å²) in [5, 5.41) is 9.16. The van der Waals surface area contributed by atoms with Gasteiger partial charge < -0.3 is 5.11 Å². The van der Waals surface area contributed by atoms with Crippen LogP contribution >= 0.6 is 0 Å². The van der Waals surface area contributed by atoms with Gasteiger partial charge in [-0.05, 0) is 68.1 Å². The van der Waals surface area contributed by atoms with Crippen LogP contribution in [-0.2, 0) is 4.79 Å². The second kappa shape index (κ2) is 4.15. The third-order valence-electron chi connectivity index (χ3n) is 5.55. The molecule has 0 amide bonds. The minimum Gasteiger partial charge on any atom is -0.481 e. The van der Waals surface area contributed by atoms with Gasteiger partial charge >= 0.3 is 5.97 Å². The van der Waals surface area contributed by atoms with Crippen LogP contribution in [0.1, 0.15) is 38.5 Å². The summed E-state index contributed by atoms with van der Waals surface area (Å²) in [6.07, 6.45) is 9.44.